The van der Waals surface area contributed by atoms with Crippen LogP contribution in [0.1, 0.15) is 329 Å². The Bertz CT molecular complexity index is 1620. The molecule has 0 saturated carbocycles. The maximum atomic E-state index is 12.9. The molecule has 0 heterocycles. The molecule has 6 heteroatoms. The van der Waals surface area contributed by atoms with Crippen molar-refractivity contribution in [3.63, 3.8) is 0 Å². The summed E-state index contributed by atoms with van der Waals surface area (Å²) in [5.41, 5.74) is 0. The fraction of sp³-hybridized carbons (Fsp3) is 0.720. The molecule has 0 aromatic rings. The lowest BCUT2D eigenvalue weighted by atomic mass is 10.0. The fourth-order valence-electron chi connectivity index (χ4n) is 9.72. The summed E-state index contributed by atoms with van der Waals surface area (Å²) in [7, 11) is 0. The third kappa shape index (κ3) is 66.8. The van der Waals surface area contributed by atoms with Gasteiger partial charge in [0.15, 0.2) is 6.10 Å². The summed E-state index contributed by atoms with van der Waals surface area (Å²) in [6.45, 7) is 6.38. The van der Waals surface area contributed by atoms with E-state index >= 15 is 0 Å². The van der Waals surface area contributed by atoms with E-state index in [9.17, 15) is 14.4 Å². The number of esters is 3. The molecule has 0 spiro atoms. The molecule has 464 valence electrons. The fourth-order valence-corrected chi connectivity index (χ4v) is 9.72. The van der Waals surface area contributed by atoms with Crippen LogP contribution < -0.4 is 0 Å². The quantitative estimate of drug-likeness (QED) is 0.0261. The number of ether oxygens (including phenoxy) is 3. The first-order valence-corrected chi connectivity index (χ1v) is 34.4. The molecule has 0 aliphatic rings. The Balaban J connectivity index is 4.31. The number of hydrogen-bond acceptors (Lipinski definition) is 6. The molecule has 0 fully saturated rings. The van der Waals surface area contributed by atoms with Crippen LogP contribution in [0.3, 0.4) is 0 Å². The smallest absolute Gasteiger partial charge is 0.306 e. The molecule has 0 aliphatic heterocycles. The van der Waals surface area contributed by atoms with Gasteiger partial charge in [0.25, 0.3) is 0 Å². The summed E-state index contributed by atoms with van der Waals surface area (Å²) < 4.78 is 16.9. The van der Waals surface area contributed by atoms with Gasteiger partial charge in [-0.05, 0) is 89.9 Å². The van der Waals surface area contributed by atoms with E-state index in [0.29, 0.717) is 19.3 Å². The molecular weight excluding hydrogens is 997 g/mol. The SMILES string of the molecule is CC/C=C\C/C=C\C/C=C\C/C=C\C/C=C\CCCCCCCCCC(=O)OC(COC(=O)CC/C=C\C/C=C\C/C=C\C/C=C\CC)COC(=O)CCCCCCCCCCCCCCCCCCCCCCCCCCCCC. The van der Waals surface area contributed by atoms with Gasteiger partial charge in [-0.25, -0.2) is 0 Å². The van der Waals surface area contributed by atoms with Gasteiger partial charge in [0, 0.05) is 19.3 Å². The van der Waals surface area contributed by atoms with E-state index < -0.39 is 6.10 Å². The zero-order valence-corrected chi connectivity index (χ0v) is 53.3. The van der Waals surface area contributed by atoms with Crippen molar-refractivity contribution in [2.45, 2.75) is 335 Å². The molecule has 1 unspecified atom stereocenters. The van der Waals surface area contributed by atoms with Crippen molar-refractivity contribution in [3.05, 3.63) is 109 Å². The minimum absolute atomic E-state index is 0.103. The van der Waals surface area contributed by atoms with Gasteiger partial charge in [0.2, 0.25) is 0 Å². The van der Waals surface area contributed by atoms with Crippen molar-refractivity contribution in [2.24, 2.45) is 0 Å². The molecule has 0 aromatic carbocycles. The lowest BCUT2D eigenvalue weighted by Crippen LogP contribution is -2.30. The van der Waals surface area contributed by atoms with E-state index in [4.69, 9.17) is 14.2 Å². The highest BCUT2D eigenvalue weighted by Crippen LogP contribution is 2.18. The highest BCUT2D eigenvalue weighted by Gasteiger charge is 2.19. The van der Waals surface area contributed by atoms with E-state index in [0.717, 1.165) is 109 Å². The lowest BCUT2D eigenvalue weighted by Gasteiger charge is -2.18. The second-order valence-corrected chi connectivity index (χ2v) is 22.7. The summed E-state index contributed by atoms with van der Waals surface area (Å²) in [6.07, 6.45) is 94.2. The van der Waals surface area contributed by atoms with Gasteiger partial charge in [0.05, 0.1) is 0 Å². The van der Waals surface area contributed by atoms with Crippen molar-refractivity contribution in [2.75, 3.05) is 13.2 Å². The lowest BCUT2D eigenvalue weighted by molar-refractivity contribution is -0.166. The van der Waals surface area contributed by atoms with Gasteiger partial charge >= 0.3 is 17.9 Å². The predicted octanol–water partition coefficient (Wildman–Crippen LogP) is 23.8. The van der Waals surface area contributed by atoms with Crippen LogP contribution in [0.2, 0.25) is 0 Å². The number of allylic oxidation sites excluding steroid dienone is 18. The highest BCUT2D eigenvalue weighted by molar-refractivity contribution is 5.71. The van der Waals surface area contributed by atoms with Crippen molar-refractivity contribution in [1.82, 2.24) is 0 Å². The molecule has 0 bridgehead atoms. The van der Waals surface area contributed by atoms with E-state index in [-0.39, 0.29) is 37.5 Å². The van der Waals surface area contributed by atoms with Gasteiger partial charge in [-0.15, -0.1) is 0 Å². The van der Waals surface area contributed by atoms with Crippen molar-refractivity contribution >= 4 is 17.9 Å². The highest BCUT2D eigenvalue weighted by atomic mass is 16.6. The molecule has 0 aliphatic carbocycles. The Kier molecular flexibility index (Phi) is 65.2. The Morgan fingerprint density at radius 2 is 0.506 bits per heavy atom. The normalized spacial score (nSPS) is 12.8. The molecule has 1 atom stereocenters. The molecule has 0 N–H and O–H groups in total. The van der Waals surface area contributed by atoms with Crippen LogP contribution in [0.15, 0.2) is 109 Å². The molecule has 0 radical (unpaired) electrons. The van der Waals surface area contributed by atoms with Crippen LogP contribution in [-0.4, -0.2) is 37.2 Å². The van der Waals surface area contributed by atoms with Crippen molar-refractivity contribution < 1.29 is 28.6 Å². The Labute approximate surface area is 501 Å². The molecule has 0 rings (SSSR count). The van der Waals surface area contributed by atoms with Gasteiger partial charge < -0.3 is 14.2 Å². The monoisotopic (exact) mass is 1120 g/mol. The first kappa shape index (κ1) is 77.1. The minimum Gasteiger partial charge on any atom is -0.462 e. The van der Waals surface area contributed by atoms with Crippen LogP contribution in [0.5, 0.6) is 0 Å². The first-order chi connectivity index (χ1) is 40.0. The van der Waals surface area contributed by atoms with Crippen molar-refractivity contribution in [1.29, 1.82) is 0 Å². The summed E-state index contributed by atoms with van der Waals surface area (Å²) in [5.74, 6) is -0.989. The maximum absolute atomic E-state index is 12.9. The number of carbonyl (C=O) groups is 3. The van der Waals surface area contributed by atoms with Gasteiger partial charge in [0.1, 0.15) is 13.2 Å². The van der Waals surface area contributed by atoms with Gasteiger partial charge in [-0.1, -0.05) is 329 Å². The zero-order valence-electron chi connectivity index (χ0n) is 53.3. The number of rotatable bonds is 62. The second kappa shape index (κ2) is 68.6. The van der Waals surface area contributed by atoms with Crippen LogP contribution in [0.25, 0.3) is 0 Å². The number of carbonyl (C=O) groups excluding carboxylic acids is 3. The topological polar surface area (TPSA) is 78.9 Å². The third-order valence-corrected chi connectivity index (χ3v) is 14.8. The van der Waals surface area contributed by atoms with Crippen molar-refractivity contribution in [3.8, 4) is 0 Å². The molecule has 6 nitrogen and oxygen atoms in total. The van der Waals surface area contributed by atoms with E-state index in [1.54, 1.807) is 0 Å². The standard InChI is InChI=1S/C75H128O6/c1-4-7-10-13-16-19-22-25-27-29-31-33-35-36-37-38-40-41-43-45-47-50-53-56-59-62-65-68-74(77)80-71-72(70-79-73(76)67-64-61-58-55-52-49-24-21-18-15-12-9-6-3)81-75(78)69-66-63-60-57-54-51-48-46-44-42-39-34-32-30-28-26-23-20-17-14-11-8-5-2/h8-9,11-12,17-18,20-21,26,28,32,34,42,44,49,52,58,61,72H,4-7,10,13-16,19,22-25,27,29-31,33,35-41,43,45-48,50-51,53-57,59-60,62-71H2,1-3H3/b11-8-,12-9-,20-17-,21-18-,28-26-,34-32-,44-42-,52-49-,61-58-. The summed E-state index contributed by atoms with van der Waals surface area (Å²) >= 11 is 0. The summed E-state index contributed by atoms with van der Waals surface area (Å²) in [4.78, 5) is 38.3. The van der Waals surface area contributed by atoms with Crippen LogP contribution in [-0.2, 0) is 28.6 Å². The van der Waals surface area contributed by atoms with Crippen LogP contribution in [0.4, 0.5) is 0 Å². The number of hydrogen-bond donors (Lipinski definition) is 0. The summed E-state index contributed by atoms with van der Waals surface area (Å²) in [5, 5.41) is 0. The minimum atomic E-state index is -0.815. The zero-order chi connectivity index (χ0) is 58.5. The molecule has 0 amide bonds. The summed E-state index contributed by atoms with van der Waals surface area (Å²) in [6, 6.07) is 0. The molecule has 0 saturated heterocycles. The van der Waals surface area contributed by atoms with Gasteiger partial charge in [-0.3, -0.25) is 14.4 Å². The first-order valence-electron chi connectivity index (χ1n) is 34.4. The van der Waals surface area contributed by atoms with Crippen LogP contribution in [0, 0.1) is 0 Å². The molecule has 81 heavy (non-hydrogen) atoms. The van der Waals surface area contributed by atoms with Gasteiger partial charge in [-0.2, -0.15) is 0 Å². The average Bonchev–Trinajstić information content (AvgIpc) is 3.46. The second-order valence-electron chi connectivity index (χ2n) is 22.7. The molecule has 0 aromatic heterocycles. The Hall–Kier alpha value is -3.93. The number of unbranched alkanes of at least 4 members (excludes halogenated alkanes) is 33. The van der Waals surface area contributed by atoms with E-state index in [2.05, 4.69) is 124 Å². The Morgan fingerprint density at radius 3 is 0.827 bits per heavy atom. The van der Waals surface area contributed by atoms with Crippen LogP contribution >= 0.6 is 0 Å². The maximum Gasteiger partial charge on any atom is 0.306 e. The largest absolute Gasteiger partial charge is 0.462 e. The predicted molar refractivity (Wildman–Crippen MR) is 353 cm³/mol. The van der Waals surface area contributed by atoms with E-state index in [1.807, 2.05) is 6.08 Å². The molecular formula is C75H128O6. The average molecular weight is 1130 g/mol. The van der Waals surface area contributed by atoms with E-state index in [1.165, 1.54) is 173 Å². The Morgan fingerprint density at radius 1 is 0.259 bits per heavy atom. The third-order valence-electron chi connectivity index (χ3n) is 14.8.